The molecule has 1 amide bonds. The van der Waals surface area contributed by atoms with E-state index in [9.17, 15) is 4.79 Å². The average molecular weight is 317 g/mol. The number of nitrogens with one attached hydrogen (secondary N) is 1. The number of ether oxygens (including phenoxy) is 2. The standard InChI is InChI=1S/C19H27NO3/c1-14(16-6-5-15-3-2-4-17(15)13-16)20-19(21)9-12-23-18-7-10-22-11-8-18/h5-6,13-14,18H,2-4,7-12H2,1H3,(H,20,21)/t14-/m0/s1. The molecule has 1 heterocycles. The van der Waals surface area contributed by atoms with Gasteiger partial charge in [0.2, 0.25) is 5.91 Å². The SMILES string of the molecule is C[C@H](NC(=O)CCOC1CCOCC1)c1ccc2c(c1)CCC2. The Morgan fingerprint density at radius 2 is 2.09 bits per heavy atom. The molecule has 0 spiro atoms. The molecule has 0 unspecified atom stereocenters. The Labute approximate surface area is 138 Å². The maximum atomic E-state index is 12.1. The molecular weight excluding hydrogens is 290 g/mol. The molecule has 1 atom stereocenters. The minimum absolute atomic E-state index is 0.0523. The average Bonchev–Trinajstić information content (AvgIpc) is 3.03. The van der Waals surface area contributed by atoms with Gasteiger partial charge in [-0.25, -0.2) is 0 Å². The van der Waals surface area contributed by atoms with E-state index in [0.29, 0.717) is 13.0 Å². The lowest BCUT2D eigenvalue weighted by molar-refractivity contribution is -0.123. The van der Waals surface area contributed by atoms with Gasteiger partial charge in [0.05, 0.1) is 18.8 Å². The fourth-order valence-corrected chi connectivity index (χ4v) is 3.42. The number of aryl methyl sites for hydroxylation is 2. The molecule has 23 heavy (non-hydrogen) atoms. The largest absolute Gasteiger partial charge is 0.381 e. The molecule has 1 fully saturated rings. The summed E-state index contributed by atoms with van der Waals surface area (Å²) in [7, 11) is 0. The van der Waals surface area contributed by atoms with Crippen LogP contribution in [0.1, 0.15) is 55.3 Å². The minimum Gasteiger partial charge on any atom is -0.381 e. The van der Waals surface area contributed by atoms with Crippen molar-refractivity contribution in [2.45, 2.75) is 57.6 Å². The maximum Gasteiger partial charge on any atom is 0.222 e. The van der Waals surface area contributed by atoms with Crippen molar-refractivity contribution >= 4 is 5.91 Å². The van der Waals surface area contributed by atoms with Crippen LogP contribution in [0.3, 0.4) is 0 Å². The maximum absolute atomic E-state index is 12.1. The third-order valence-corrected chi connectivity index (χ3v) is 4.85. The van der Waals surface area contributed by atoms with Gasteiger partial charge >= 0.3 is 0 Å². The van der Waals surface area contributed by atoms with Crippen molar-refractivity contribution in [1.29, 1.82) is 0 Å². The van der Waals surface area contributed by atoms with Crippen LogP contribution in [0.5, 0.6) is 0 Å². The highest BCUT2D eigenvalue weighted by Crippen LogP contribution is 2.25. The molecule has 126 valence electrons. The van der Waals surface area contributed by atoms with E-state index in [1.807, 2.05) is 6.92 Å². The molecule has 1 aliphatic carbocycles. The Hall–Kier alpha value is -1.39. The Morgan fingerprint density at radius 1 is 1.30 bits per heavy atom. The smallest absolute Gasteiger partial charge is 0.222 e. The van der Waals surface area contributed by atoms with E-state index in [2.05, 4.69) is 23.5 Å². The van der Waals surface area contributed by atoms with Crippen molar-refractivity contribution in [3.63, 3.8) is 0 Å². The fraction of sp³-hybridized carbons (Fsp3) is 0.632. The molecule has 0 saturated carbocycles. The first-order valence-corrected chi connectivity index (χ1v) is 8.83. The van der Waals surface area contributed by atoms with Crippen molar-refractivity contribution < 1.29 is 14.3 Å². The van der Waals surface area contributed by atoms with Gasteiger partial charge in [0.1, 0.15) is 0 Å². The highest BCUT2D eigenvalue weighted by atomic mass is 16.5. The third-order valence-electron chi connectivity index (χ3n) is 4.85. The Morgan fingerprint density at radius 3 is 2.91 bits per heavy atom. The summed E-state index contributed by atoms with van der Waals surface area (Å²) < 4.78 is 11.1. The molecule has 1 aliphatic heterocycles. The van der Waals surface area contributed by atoms with Crippen molar-refractivity contribution in [2.75, 3.05) is 19.8 Å². The monoisotopic (exact) mass is 317 g/mol. The Kier molecular flexibility index (Phi) is 5.68. The van der Waals surface area contributed by atoms with E-state index in [4.69, 9.17) is 9.47 Å². The van der Waals surface area contributed by atoms with Crippen LogP contribution in [0.4, 0.5) is 0 Å². The Bertz CT molecular complexity index is 537. The van der Waals surface area contributed by atoms with E-state index in [0.717, 1.165) is 26.1 Å². The van der Waals surface area contributed by atoms with Crippen LogP contribution in [-0.4, -0.2) is 31.8 Å². The van der Waals surface area contributed by atoms with E-state index in [1.165, 1.54) is 36.0 Å². The lowest BCUT2D eigenvalue weighted by atomic mass is 10.0. The van der Waals surface area contributed by atoms with Crippen LogP contribution in [-0.2, 0) is 27.1 Å². The highest BCUT2D eigenvalue weighted by Gasteiger charge is 2.16. The second-order valence-electron chi connectivity index (χ2n) is 6.60. The molecular formula is C19H27NO3. The molecule has 1 aromatic rings. The second-order valence-corrected chi connectivity index (χ2v) is 6.60. The normalized spacial score (nSPS) is 19.3. The lowest BCUT2D eigenvalue weighted by Crippen LogP contribution is -2.29. The summed E-state index contributed by atoms with van der Waals surface area (Å²) in [5.41, 5.74) is 4.12. The van der Waals surface area contributed by atoms with Crippen LogP contribution >= 0.6 is 0 Å². The van der Waals surface area contributed by atoms with Gasteiger partial charge in [0.15, 0.2) is 0 Å². The molecule has 1 saturated heterocycles. The van der Waals surface area contributed by atoms with Gasteiger partial charge in [0, 0.05) is 19.6 Å². The number of hydrogen-bond acceptors (Lipinski definition) is 3. The molecule has 1 aromatic carbocycles. The van der Waals surface area contributed by atoms with Crippen LogP contribution < -0.4 is 5.32 Å². The zero-order chi connectivity index (χ0) is 16.1. The first kappa shape index (κ1) is 16.5. The summed E-state index contributed by atoms with van der Waals surface area (Å²) in [6, 6.07) is 6.67. The van der Waals surface area contributed by atoms with E-state index in [-0.39, 0.29) is 18.1 Å². The van der Waals surface area contributed by atoms with Gasteiger partial charge < -0.3 is 14.8 Å². The van der Waals surface area contributed by atoms with Gasteiger partial charge in [-0.2, -0.15) is 0 Å². The minimum atomic E-state index is 0.0523. The summed E-state index contributed by atoms with van der Waals surface area (Å²) in [4.78, 5) is 12.1. The molecule has 0 aromatic heterocycles. The van der Waals surface area contributed by atoms with Gasteiger partial charge in [-0.05, 0) is 55.7 Å². The van der Waals surface area contributed by atoms with Crippen LogP contribution in [0, 0.1) is 0 Å². The molecule has 3 rings (SSSR count). The number of carbonyl (C=O) groups excluding carboxylic acids is 1. The van der Waals surface area contributed by atoms with Gasteiger partial charge in [0.25, 0.3) is 0 Å². The summed E-state index contributed by atoms with van der Waals surface area (Å²) in [6.07, 6.45) is 6.17. The summed E-state index contributed by atoms with van der Waals surface area (Å²) >= 11 is 0. The van der Waals surface area contributed by atoms with Crippen molar-refractivity contribution in [2.24, 2.45) is 0 Å². The van der Waals surface area contributed by atoms with Crippen LogP contribution in [0.15, 0.2) is 18.2 Å². The summed E-state index contributed by atoms with van der Waals surface area (Å²) in [5, 5.41) is 3.08. The molecule has 4 nitrogen and oxygen atoms in total. The van der Waals surface area contributed by atoms with Gasteiger partial charge in [-0.15, -0.1) is 0 Å². The highest BCUT2D eigenvalue weighted by molar-refractivity contribution is 5.76. The van der Waals surface area contributed by atoms with Crippen molar-refractivity contribution in [3.05, 3.63) is 34.9 Å². The fourth-order valence-electron chi connectivity index (χ4n) is 3.42. The zero-order valence-corrected chi connectivity index (χ0v) is 14.0. The molecule has 0 bridgehead atoms. The quantitative estimate of drug-likeness (QED) is 0.877. The van der Waals surface area contributed by atoms with Gasteiger partial charge in [-0.1, -0.05) is 18.2 Å². The number of amides is 1. The number of rotatable bonds is 6. The first-order valence-electron chi connectivity index (χ1n) is 8.83. The lowest BCUT2D eigenvalue weighted by Gasteiger charge is -2.22. The predicted molar refractivity (Wildman–Crippen MR) is 89.4 cm³/mol. The van der Waals surface area contributed by atoms with Crippen LogP contribution in [0.2, 0.25) is 0 Å². The third kappa shape index (κ3) is 4.55. The van der Waals surface area contributed by atoms with Gasteiger partial charge in [-0.3, -0.25) is 4.79 Å². The first-order chi connectivity index (χ1) is 11.2. The number of benzene rings is 1. The van der Waals surface area contributed by atoms with E-state index >= 15 is 0 Å². The number of carbonyl (C=O) groups is 1. The second kappa shape index (κ2) is 7.93. The van der Waals surface area contributed by atoms with Crippen molar-refractivity contribution in [3.8, 4) is 0 Å². The summed E-state index contributed by atoms with van der Waals surface area (Å²) in [6.45, 7) is 4.08. The van der Waals surface area contributed by atoms with Crippen molar-refractivity contribution in [1.82, 2.24) is 5.32 Å². The van der Waals surface area contributed by atoms with E-state index < -0.39 is 0 Å². The molecule has 2 aliphatic rings. The topological polar surface area (TPSA) is 47.6 Å². The number of hydrogen-bond donors (Lipinski definition) is 1. The molecule has 4 heteroatoms. The molecule has 0 radical (unpaired) electrons. The summed E-state index contributed by atoms with van der Waals surface area (Å²) in [5.74, 6) is 0.0602. The zero-order valence-electron chi connectivity index (χ0n) is 14.0. The van der Waals surface area contributed by atoms with Crippen LogP contribution in [0.25, 0.3) is 0 Å². The Balaban J connectivity index is 1.42. The predicted octanol–water partition coefficient (Wildman–Crippen LogP) is 2.94. The number of fused-ring (bicyclic) bond motifs is 1. The van der Waals surface area contributed by atoms with E-state index in [1.54, 1.807) is 0 Å². The molecule has 1 N–H and O–H groups in total.